The molecule has 0 bridgehead atoms. The molecule has 17 heavy (non-hydrogen) atoms. The van der Waals surface area contributed by atoms with Crippen molar-refractivity contribution in [1.29, 1.82) is 0 Å². The Bertz CT molecular complexity index is 391. The minimum atomic E-state index is -0.611. The van der Waals surface area contributed by atoms with Gasteiger partial charge in [0.05, 0.1) is 12.5 Å². The van der Waals surface area contributed by atoms with Crippen LogP contribution in [0.2, 0.25) is 0 Å². The smallest absolute Gasteiger partial charge is 0.312 e. The molecule has 0 unspecified atom stereocenters. The quantitative estimate of drug-likeness (QED) is 0.800. The molecule has 0 aliphatic rings. The lowest BCUT2D eigenvalue weighted by molar-refractivity contribution is -0.150. The summed E-state index contributed by atoms with van der Waals surface area (Å²) in [5.74, 6) is -0.519. The summed E-state index contributed by atoms with van der Waals surface area (Å²) in [6.45, 7) is 4.40. The Morgan fingerprint density at radius 3 is 2.65 bits per heavy atom. The monoisotopic (exact) mass is 239 g/mol. The summed E-state index contributed by atoms with van der Waals surface area (Å²) in [4.78, 5) is 11.4. The zero-order chi connectivity index (χ0) is 12.9. The third kappa shape index (κ3) is 3.82. The van der Waals surface area contributed by atoms with Crippen molar-refractivity contribution in [3.63, 3.8) is 0 Å². The molecule has 0 aliphatic heterocycles. The SMILES string of the molecule is COC(=O)C(C)(C)CNCc1ccccc1F. The Morgan fingerprint density at radius 1 is 1.41 bits per heavy atom. The first kappa shape index (κ1) is 13.6. The Balaban J connectivity index is 2.48. The molecule has 0 saturated heterocycles. The van der Waals surface area contributed by atoms with Gasteiger partial charge in [0.2, 0.25) is 0 Å². The lowest BCUT2D eigenvalue weighted by atomic mass is 9.93. The molecule has 0 radical (unpaired) electrons. The van der Waals surface area contributed by atoms with Crippen molar-refractivity contribution >= 4 is 5.97 Å². The highest BCUT2D eigenvalue weighted by Crippen LogP contribution is 2.16. The summed E-state index contributed by atoms with van der Waals surface area (Å²) < 4.78 is 18.0. The maximum absolute atomic E-state index is 13.3. The van der Waals surface area contributed by atoms with Gasteiger partial charge in [-0.05, 0) is 19.9 Å². The van der Waals surface area contributed by atoms with E-state index >= 15 is 0 Å². The lowest BCUT2D eigenvalue weighted by Crippen LogP contribution is -2.36. The van der Waals surface area contributed by atoms with Crippen molar-refractivity contribution < 1.29 is 13.9 Å². The first-order valence-electron chi connectivity index (χ1n) is 5.50. The molecule has 0 fully saturated rings. The highest BCUT2D eigenvalue weighted by molar-refractivity contribution is 5.76. The van der Waals surface area contributed by atoms with Crippen LogP contribution in [0.1, 0.15) is 19.4 Å². The first-order valence-corrected chi connectivity index (χ1v) is 5.50. The van der Waals surface area contributed by atoms with Crippen molar-refractivity contribution in [1.82, 2.24) is 5.32 Å². The Hall–Kier alpha value is -1.42. The first-order chi connectivity index (χ1) is 7.97. The lowest BCUT2D eigenvalue weighted by Gasteiger charge is -2.21. The Kier molecular flexibility index (Phi) is 4.63. The second-order valence-electron chi connectivity index (χ2n) is 4.57. The van der Waals surface area contributed by atoms with Crippen molar-refractivity contribution in [2.75, 3.05) is 13.7 Å². The van der Waals surface area contributed by atoms with Gasteiger partial charge in [0.25, 0.3) is 0 Å². The number of esters is 1. The van der Waals surface area contributed by atoms with E-state index in [9.17, 15) is 9.18 Å². The van der Waals surface area contributed by atoms with Crippen LogP contribution in [-0.4, -0.2) is 19.6 Å². The van der Waals surface area contributed by atoms with E-state index in [0.717, 1.165) is 0 Å². The van der Waals surface area contributed by atoms with E-state index in [0.29, 0.717) is 18.7 Å². The van der Waals surface area contributed by atoms with Gasteiger partial charge in [-0.25, -0.2) is 4.39 Å². The molecule has 3 nitrogen and oxygen atoms in total. The molecule has 1 N–H and O–H groups in total. The zero-order valence-electron chi connectivity index (χ0n) is 10.4. The normalized spacial score (nSPS) is 11.3. The number of benzene rings is 1. The van der Waals surface area contributed by atoms with E-state index in [4.69, 9.17) is 0 Å². The average Bonchev–Trinajstić information content (AvgIpc) is 2.30. The Morgan fingerprint density at radius 2 is 2.06 bits per heavy atom. The van der Waals surface area contributed by atoms with Crippen LogP contribution in [0, 0.1) is 11.2 Å². The number of rotatable bonds is 5. The van der Waals surface area contributed by atoms with E-state index in [1.807, 2.05) is 0 Å². The maximum atomic E-state index is 13.3. The second kappa shape index (κ2) is 5.77. The largest absolute Gasteiger partial charge is 0.469 e. The molecular weight excluding hydrogens is 221 g/mol. The summed E-state index contributed by atoms with van der Waals surface area (Å²) >= 11 is 0. The third-order valence-electron chi connectivity index (χ3n) is 2.58. The fourth-order valence-electron chi connectivity index (χ4n) is 1.50. The number of nitrogens with one attached hydrogen (secondary N) is 1. The number of hydrogen-bond donors (Lipinski definition) is 1. The summed E-state index contributed by atoms with van der Waals surface area (Å²) in [7, 11) is 1.36. The van der Waals surface area contributed by atoms with Crippen molar-refractivity contribution in [2.45, 2.75) is 20.4 Å². The highest BCUT2D eigenvalue weighted by Gasteiger charge is 2.27. The topological polar surface area (TPSA) is 38.3 Å². The second-order valence-corrected chi connectivity index (χ2v) is 4.57. The molecule has 1 rings (SSSR count). The van der Waals surface area contributed by atoms with Crippen LogP contribution in [0.15, 0.2) is 24.3 Å². The van der Waals surface area contributed by atoms with Gasteiger partial charge >= 0.3 is 5.97 Å². The van der Waals surface area contributed by atoms with Crippen LogP contribution in [0.5, 0.6) is 0 Å². The van der Waals surface area contributed by atoms with Gasteiger partial charge in [0, 0.05) is 18.7 Å². The molecule has 0 aromatic heterocycles. The molecule has 0 aliphatic carbocycles. The molecule has 1 aromatic rings. The number of methoxy groups -OCH3 is 1. The molecule has 1 aromatic carbocycles. The van der Waals surface area contributed by atoms with E-state index in [1.165, 1.54) is 13.2 Å². The minimum absolute atomic E-state index is 0.240. The molecule has 0 atom stereocenters. The van der Waals surface area contributed by atoms with Crippen LogP contribution < -0.4 is 5.32 Å². The van der Waals surface area contributed by atoms with E-state index in [-0.39, 0.29) is 11.8 Å². The molecule has 0 heterocycles. The van der Waals surface area contributed by atoms with Crippen molar-refractivity contribution in [3.05, 3.63) is 35.6 Å². The highest BCUT2D eigenvalue weighted by atomic mass is 19.1. The number of carbonyl (C=O) groups excluding carboxylic acids is 1. The van der Waals surface area contributed by atoms with Gasteiger partial charge < -0.3 is 10.1 Å². The average molecular weight is 239 g/mol. The number of halogens is 1. The van der Waals surface area contributed by atoms with E-state index < -0.39 is 5.41 Å². The molecule has 0 amide bonds. The number of carbonyl (C=O) groups is 1. The van der Waals surface area contributed by atoms with Gasteiger partial charge in [-0.3, -0.25) is 4.79 Å². The van der Waals surface area contributed by atoms with Gasteiger partial charge in [0.15, 0.2) is 0 Å². The molecular formula is C13H18FNO2. The van der Waals surface area contributed by atoms with E-state index in [2.05, 4.69) is 10.1 Å². The van der Waals surface area contributed by atoms with Crippen LogP contribution in [0.25, 0.3) is 0 Å². The number of ether oxygens (including phenoxy) is 1. The molecule has 0 spiro atoms. The van der Waals surface area contributed by atoms with Crippen LogP contribution in [0.3, 0.4) is 0 Å². The molecule has 0 saturated carbocycles. The van der Waals surface area contributed by atoms with Crippen LogP contribution in [0.4, 0.5) is 4.39 Å². The van der Waals surface area contributed by atoms with Crippen molar-refractivity contribution in [3.8, 4) is 0 Å². The van der Waals surface area contributed by atoms with Crippen LogP contribution >= 0.6 is 0 Å². The van der Waals surface area contributed by atoms with Crippen LogP contribution in [-0.2, 0) is 16.1 Å². The summed E-state index contributed by atoms with van der Waals surface area (Å²) in [6, 6.07) is 6.57. The fourth-order valence-corrected chi connectivity index (χ4v) is 1.50. The van der Waals surface area contributed by atoms with E-state index in [1.54, 1.807) is 32.0 Å². The van der Waals surface area contributed by atoms with Gasteiger partial charge in [0.1, 0.15) is 5.82 Å². The minimum Gasteiger partial charge on any atom is -0.469 e. The summed E-state index contributed by atoms with van der Waals surface area (Å²) in [5, 5.41) is 3.06. The predicted octanol–water partition coefficient (Wildman–Crippen LogP) is 2.11. The third-order valence-corrected chi connectivity index (χ3v) is 2.58. The van der Waals surface area contributed by atoms with Gasteiger partial charge in [-0.15, -0.1) is 0 Å². The van der Waals surface area contributed by atoms with Crippen molar-refractivity contribution in [2.24, 2.45) is 5.41 Å². The number of hydrogen-bond acceptors (Lipinski definition) is 3. The molecule has 4 heteroatoms. The Labute approximate surface area is 101 Å². The predicted molar refractivity (Wildman–Crippen MR) is 63.9 cm³/mol. The fraction of sp³-hybridized carbons (Fsp3) is 0.462. The van der Waals surface area contributed by atoms with Gasteiger partial charge in [-0.2, -0.15) is 0 Å². The zero-order valence-corrected chi connectivity index (χ0v) is 10.4. The standard InChI is InChI=1S/C13H18FNO2/c1-13(2,12(16)17-3)9-15-8-10-6-4-5-7-11(10)14/h4-7,15H,8-9H2,1-3H3. The summed E-state index contributed by atoms with van der Waals surface area (Å²) in [6.07, 6.45) is 0. The molecule has 94 valence electrons. The maximum Gasteiger partial charge on any atom is 0.312 e. The summed E-state index contributed by atoms with van der Waals surface area (Å²) in [5.41, 5.74) is -0.0202. The van der Waals surface area contributed by atoms with Gasteiger partial charge in [-0.1, -0.05) is 18.2 Å².